The molecule has 2 aliphatic rings. The standard InChI is InChI=1S/C26H31N3O8S/c1-26(2,3)29(25(32)33)15-16(27-38(34,35)22-13-18(36-4)10-11-21(22)37-5)12-17(29)14-28-23(30)19-8-6-7-9-20(19)24(28)31/h6-11,13,16-17,27H,12,14-15H2,1-5H3/t16-,17-,29?/m1/s1. The highest BCUT2D eigenvalue weighted by Gasteiger charge is 2.57. The third-order valence-corrected chi connectivity index (χ3v) is 9.01. The number of rotatable bonds is 7. The number of carboxylic acid groups (broad SMARTS) is 1. The van der Waals surface area contributed by atoms with Crippen molar-refractivity contribution in [1.82, 2.24) is 9.62 Å². The quantitative estimate of drug-likeness (QED) is 0.406. The van der Waals surface area contributed by atoms with Crippen LogP contribution in [0.25, 0.3) is 0 Å². The fraction of sp³-hybridized carbons (Fsp3) is 0.423. The molecule has 4 rings (SSSR count). The van der Waals surface area contributed by atoms with Crippen molar-refractivity contribution in [3.63, 3.8) is 0 Å². The van der Waals surface area contributed by atoms with Crippen LogP contribution in [0.2, 0.25) is 0 Å². The number of quaternary nitrogens is 1. The highest BCUT2D eigenvalue weighted by atomic mass is 32.2. The summed E-state index contributed by atoms with van der Waals surface area (Å²) in [5, 5.41) is 12.8. The molecule has 1 N–H and O–H groups in total. The van der Waals surface area contributed by atoms with Crippen molar-refractivity contribution in [2.45, 2.75) is 49.7 Å². The summed E-state index contributed by atoms with van der Waals surface area (Å²) in [7, 11) is -1.44. The van der Waals surface area contributed by atoms with E-state index in [0.717, 1.165) is 4.90 Å². The van der Waals surface area contributed by atoms with Gasteiger partial charge in [0.15, 0.2) is 0 Å². The first kappa shape index (κ1) is 27.6. The number of nitrogens with one attached hydrogen (secondary N) is 1. The van der Waals surface area contributed by atoms with E-state index in [4.69, 9.17) is 9.47 Å². The number of amides is 3. The van der Waals surface area contributed by atoms with E-state index in [9.17, 15) is 27.9 Å². The zero-order chi connectivity index (χ0) is 28.0. The van der Waals surface area contributed by atoms with Gasteiger partial charge in [0.25, 0.3) is 17.9 Å². The van der Waals surface area contributed by atoms with Gasteiger partial charge in [0.1, 0.15) is 29.0 Å². The van der Waals surface area contributed by atoms with Crippen LogP contribution in [0.3, 0.4) is 0 Å². The Labute approximate surface area is 221 Å². The predicted octanol–water partition coefficient (Wildman–Crippen LogP) is 1.38. The number of likely N-dealkylation sites (tertiary alicyclic amines) is 1. The molecule has 0 bridgehead atoms. The van der Waals surface area contributed by atoms with Gasteiger partial charge in [-0.15, -0.1) is 0 Å². The SMILES string of the molecule is COc1ccc(OC)c(S(=O)(=O)N[C@@H]2C[C@H](CN3C(=O)c4ccccc4C3=O)[N+](C(=O)[O-])(C(C)(C)C)C2)c1. The van der Waals surface area contributed by atoms with E-state index in [-0.39, 0.29) is 41.3 Å². The maximum Gasteiger partial charge on any atom is 0.261 e. The lowest BCUT2D eigenvalue weighted by Gasteiger charge is -2.49. The van der Waals surface area contributed by atoms with Crippen LogP contribution in [0.4, 0.5) is 4.79 Å². The highest BCUT2D eigenvalue weighted by Crippen LogP contribution is 2.39. The molecular formula is C26H31N3O8S. The van der Waals surface area contributed by atoms with Crippen LogP contribution in [0.1, 0.15) is 47.9 Å². The molecule has 0 saturated carbocycles. The summed E-state index contributed by atoms with van der Waals surface area (Å²) in [4.78, 5) is 39.7. The van der Waals surface area contributed by atoms with E-state index in [0.29, 0.717) is 5.75 Å². The van der Waals surface area contributed by atoms with Crippen molar-refractivity contribution in [3.05, 3.63) is 53.6 Å². The summed E-state index contributed by atoms with van der Waals surface area (Å²) >= 11 is 0. The third kappa shape index (κ3) is 4.42. The minimum absolute atomic E-state index is 0.0458. The molecule has 1 unspecified atom stereocenters. The molecule has 1 fully saturated rings. The van der Waals surface area contributed by atoms with Crippen LogP contribution in [-0.4, -0.2) is 80.6 Å². The molecule has 38 heavy (non-hydrogen) atoms. The molecule has 2 aromatic rings. The maximum absolute atomic E-state index is 13.4. The van der Waals surface area contributed by atoms with Crippen LogP contribution in [0.5, 0.6) is 11.5 Å². The number of carbonyl (C=O) groups excluding carboxylic acids is 3. The van der Waals surface area contributed by atoms with E-state index < -0.39 is 50.0 Å². The Kier molecular flexibility index (Phi) is 7.02. The van der Waals surface area contributed by atoms with Crippen molar-refractivity contribution in [2.75, 3.05) is 27.3 Å². The predicted molar refractivity (Wildman–Crippen MR) is 134 cm³/mol. The number of methoxy groups -OCH3 is 2. The summed E-state index contributed by atoms with van der Waals surface area (Å²) in [5.74, 6) is -0.631. The van der Waals surface area contributed by atoms with Gasteiger partial charge in [-0.25, -0.2) is 13.1 Å². The second-order valence-corrected chi connectivity index (χ2v) is 12.2. The summed E-state index contributed by atoms with van der Waals surface area (Å²) in [6.07, 6.45) is -1.37. The minimum atomic E-state index is -4.18. The first-order chi connectivity index (χ1) is 17.8. The molecule has 3 amide bonds. The number of carbonyl (C=O) groups is 3. The van der Waals surface area contributed by atoms with Crippen molar-refractivity contribution in [3.8, 4) is 11.5 Å². The molecule has 2 aromatic carbocycles. The number of imide groups is 1. The van der Waals surface area contributed by atoms with E-state index in [1.807, 2.05) is 0 Å². The van der Waals surface area contributed by atoms with Crippen LogP contribution >= 0.6 is 0 Å². The van der Waals surface area contributed by atoms with Gasteiger partial charge in [-0.2, -0.15) is 0 Å². The van der Waals surface area contributed by atoms with Crippen LogP contribution < -0.4 is 19.3 Å². The topological polar surface area (TPSA) is 142 Å². The molecule has 0 radical (unpaired) electrons. The Balaban J connectivity index is 1.69. The van der Waals surface area contributed by atoms with Crippen molar-refractivity contribution in [2.24, 2.45) is 0 Å². The van der Waals surface area contributed by atoms with E-state index in [1.165, 1.54) is 26.4 Å². The molecule has 2 heterocycles. The first-order valence-electron chi connectivity index (χ1n) is 12.1. The van der Waals surface area contributed by atoms with Gasteiger partial charge in [0.05, 0.1) is 43.5 Å². The Morgan fingerprint density at radius 3 is 2.18 bits per heavy atom. The second-order valence-electron chi connectivity index (χ2n) is 10.5. The number of sulfonamides is 1. The molecule has 12 heteroatoms. The van der Waals surface area contributed by atoms with Gasteiger partial charge in [0, 0.05) is 12.5 Å². The van der Waals surface area contributed by atoms with Gasteiger partial charge in [-0.1, -0.05) is 12.1 Å². The Morgan fingerprint density at radius 2 is 1.68 bits per heavy atom. The fourth-order valence-electron chi connectivity index (χ4n) is 5.59. The van der Waals surface area contributed by atoms with Gasteiger partial charge < -0.3 is 19.4 Å². The largest absolute Gasteiger partial charge is 0.498 e. The second kappa shape index (κ2) is 9.68. The lowest BCUT2D eigenvalue weighted by Crippen LogP contribution is -2.72. The Bertz CT molecular complexity index is 1370. The number of fused-ring (bicyclic) bond motifs is 1. The molecule has 1 saturated heterocycles. The summed E-state index contributed by atoms with van der Waals surface area (Å²) < 4.78 is 39.2. The number of ether oxygens (including phenoxy) is 2. The van der Waals surface area contributed by atoms with Crippen molar-refractivity contribution in [1.29, 1.82) is 0 Å². The molecule has 3 atom stereocenters. The van der Waals surface area contributed by atoms with Gasteiger partial charge in [0.2, 0.25) is 10.0 Å². The minimum Gasteiger partial charge on any atom is -0.498 e. The smallest absolute Gasteiger partial charge is 0.261 e. The van der Waals surface area contributed by atoms with E-state index in [2.05, 4.69) is 4.72 Å². The van der Waals surface area contributed by atoms with Gasteiger partial charge in [-0.3, -0.25) is 19.0 Å². The lowest BCUT2D eigenvalue weighted by atomic mass is 9.99. The highest BCUT2D eigenvalue weighted by molar-refractivity contribution is 7.89. The van der Waals surface area contributed by atoms with Crippen molar-refractivity contribution >= 4 is 27.9 Å². The third-order valence-electron chi connectivity index (χ3n) is 7.46. The monoisotopic (exact) mass is 545 g/mol. The zero-order valence-corrected chi connectivity index (χ0v) is 22.7. The number of nitrogens with zero attached hydrogens (tertiary/aromatic N) is 2. The maximum atomic E-state index is 13.4. The van der Waals surface area contributed by atoms with Crippen LogP contribution in [0, 0.1) is 0 Å². The zero-order valence-electron chi connectivity index (χ0n) is 21.9. The van der Waals surface area contributed by atoms with Gasteiger partial charge >= 0.3 is 0 Å². The molecule has 2 aliphatic heterocycles. The van der Waals surface area contributed by atoms with Gasteiger partial charge in [-0.05, 0) is 45.0 Å². The molecule has 0 spiro atoms. The Morgan fingerprint density at radius 1 is 1.08 bits per heavy atom. The normalized spacial score (nSPS) is 23.4. The van der Waals surface area contributed by atoms with E-state index >= 15 is 0 Å². The Hall–Kier alpha value is -3.48. The summed E-state index contributed by atoms with van der Waals surface area (Å²) in [6, 6.07) is 9.06. The lowest BCUT2D eigenvalue weighted by molar-refractivity contribution is -0.929. The van der Waals surface area contributed by atoms with Crippen LogP contribution in [0.15, 0.2) is 47.4 Å². The summed E-state index contributed by atoms with van der Waals surface area (Å²) in [6.45, 7) is 4.77. The molecular weight excluding hydrogens is 514 g/mol. The van der Waals surface area contributed by atoms with Crippen LogP contribution in [-0.2, 0) is 10.0 Å². The molecule has 204 valence electrons. The fourth-order valence-corrected chi connectivity index (χ4v) is 7.01. The number of benzene rings is 2. The molecule has 0 aromatic heterocycles. The average Bonchev–Trinajstić information content (AvgIpc) is 3.35. The molecule has 11 nitrogen and oxygen atoms in total. The molecule has 0 aliphatic carbocycles. The van der Waals surface area contributed by atoms with Crippen molar-refractivity contribution < 1.29 is 41.9 Å². The number of hydrogen-bond acceptors (Lipinski definition) is 8. The van der Waals surface area contributed by atoms with E-state index in [1.54, 1.807) is 51.1 Å². The average molecular weight is 546 g/mol. The summed E-state index contributed by atoms with van der Waals surface area (Å²) in [5.41, 5.74) is -0.448. The number of hydrogen-bond donors (Lipinski definition) is 1. The first-order valence-corrected chi connectivity index (χ1v) is 13.5.